The molecule has 1 aromatic carbocycles. The monoisotopic (exact) mass is 307 g/mol. The van der Waals surface area contributed by atoms with Crippen molar-refractivity contribution in [1.82, 2.24) is 9.55 Å². The van der Waals surface area contributed by atoms with Crippen LogP contribution in [0.4, 0.5) is 5.82 Å². The van der Waals surface area contributed by atoms with Gasteiger partial charge in [0.25, 0.3) is 5.56 Å². The molecule has 7 heteroatoms. The Balaban J connectivity index is 2.27. The van der Waals surface area contributed by atoms with E-state index in [1.807, 2.05) is 30.3 Å². The molecule has 6 nitrogen and oxygen atoms in total. The Labute approximate surface area is 125 Å². The molecule has 21 heavy (non-hydrogen) atoms. The van der Waals surface area contributed by atoms with E-state index in [4.69, 9.17) is 11.6 Å². The number of amides is 1. The average Bonchev–Trinajstić information content (AvgIpc) is 2.47. The smallest absolute Gasteiger partial charge is 0.311 e. The fourth-order valence-electron chi connectivity index (χ4n) is 1.91. The van der Waals surface area contributed by atoms with Gasteiger partial charge in [-0.25, -0.2) is 4.79 Å². The highest BCUT2D eigenvalue weighted by atomic mass is 35.5. The second-order valence-corrected chi connectivity index (χ2v) is 4.66. The lowest BCUT2D eigenvalue weighted by atomic mass is 10.1. The lowest BCUT2D eigenvalue weighted by Crippen LogP contribution is -2.33. The number of aryl methyl sites for hydroxylation is 1. The standard InChI is InChI=1S/C14H14ClN3O3/c15-9-13(20)16-11-8-12(19)17-14(21)18(11)7-6-10-4-2-1-3-5-10/h1-5,8H,6-7,9H2,(H,16,20)(H,17,19,21). The number of rotatable bonds is 5. The van der Waals surface area contributed by atoms with E-state index in [0.29, 0.717) is 13.0 Å². The summed E-state index contributed by atoms with van der Waals surface area (Å²) in [7, 11) is 0. The fourth-order valence-corrected chi connectivity index (χ4v) is 1.97. The first-order valence-electron chi connectivity index (χ1n) is 6.34. The van der Waals surface area contributed by atoms with Crippen molar-refractivity contribution in [3.63, 3.8) is 0 Å². The number of carbonyl (C=O) groups is 1. The maximum Gasteiger partial charge on any atom is 0.329 e. The van der Waals surface area contributed by atoms with E-state index in [1.54, 1.807) is 0 Å². The number of H-pyrrole nitrogens is 1. The van der Waals surface area contributed by atoms with Crippen molar-refractivity contribution >= 4 is 23.3 Å². The molecule has 0 atom stereocenters. The first-order chi connectivity index (χ1) is 10.1. The summed E-state index contributed by atoms with van der Waals surface area (Å²) in [6.45, 7) is 0.331. The van der Waals surface area contributed by atoms with Crippen molar-refractivity contribution in [2.24, 2.45) is 0 Å². The third kappa shape index (κ3) is 4.06. The first kappa shape index (κ1) is 15.1. The van der Waals surface area contributed by atoms with Crippen LogP contribution in [0.5, 0.6) is 0 Å². The molecule has 0 radical (unpaired) electrons. The summed E-state index contributed by atoms with van der Waals surface area (Å²) < 4.78 is 1.30. The topological polar surface area (TPSA) is 84.0 Å². The van der Waals surface area contributed by atoms with E-state index in [2.05, 4.69) is 10.3 Å². The number of alkyl halides is 1. The molecule has 0 aliphatic heterocycles. The second-order valence-electron chi connectivity index (χ2n) is 4.39. The van der Waals surface area contributed by atoms with Gasteiger partial charge in [-0.2, -0.15) is 0 Å². The Morgan fingerprint density at radius 1 is 1.24 bits per heavy atom. The highest BCUT2D eigenvalue weighted by molar-refractivity contribution is 6.29. The Bertz CT molecular complexity index is 737. The molecule has 0 bridgehead atoms. The van der Waals surface area contributed by atoms with Crippen molar-refractivity contribution in [3.8, 4) is 0 Å². The summed E-state index contributed by atoms with van der Waals surface area (Å²) in [5, 5.41) is 2.45. The summed E-state index contributed by atoms with van der Waals surface area (Å²) in [4.78, 5) is 36.8. The molecule has 2 aromatic rings. The lowest BCUT2D eigenvalue weighted by molar-refractivity contribution is -0.114. The van der Waals surface area contributed by atoms with E-state index in [1.165, 1.54) is 4.57 Å². The molecule has 0 unspecified atom stereocenters. The van der Waals surface area contributed by atoms with Crippen LogP contribution in [0, 0.1) is 0 Å². The number of nitrogens with one attached hydrogen (secondary N) is 2. The number of halogens is 1. The molecule has 110 valence electrons. The summed E-state index contributed by atoms with van der Waals surface area (Å²) in [5.74, 6) is -0.583. The van der Waals surface area contributed by atoms with Crippen LogP contribution in [-0.2, 0) is 17.8 Å². The van der Waals surface area contributed by atoms with Crippen molar-refractivity contribution in [2.45, 2.75) is 13.0 Å². The molecule has 0 fully saturated rings. The second kappa shape index (κ2) is 6.90. The number of benzene rings is 1. The predicted molar refractivity (Wildman–Crippen MR) is 80.8 cm³/mol. The number of nitrogens with zero attached hydrogens (tertiary/aromatic N) is 1. The van der Waals surface area contributed by atoms with E-state index >= 15 is 0 Å². The molecule has 0 saturated heterocycles. The molecule has 1 amide bonds. The van der Waals surface area contributed by atoms with Crippen LogP contribution in [0.1, 0.15) is 5.56 Å². The molecule has 1 heterocycles. The van der Waals surface area contributed by atoms with E-state index in [-0.39, 0.29) is 11.7 Å². The quantitative estimate of drug-likeness (QED) is 0.807. The van der Waals surface area contributed by atoms with Crippen LogP contribution in [0.2, 0.25) is 0 Å². The molecule has 2 N–H and O–H groups in total. The number of anilines is 1. The predicted octanol–water partition coefficient (Wildman–Crippen LogP) is 0.957. The Morgan fingerprint density at radius 3 is 2.62 bits per heavy atom. The number of hydrogen-bond donors (Lipinski definition) is 2. The van der Waals surface area contributed by atoms with Gasteiger partial charge in [-0.15, -0.1) is 11.6 Å². The van der Waals surface area contributed by atoms with Gasteiger partial charge in [0, 0.05) is 12.6 Å². The van der Waals surface area contributed by atoms with Crippen molar-refractivity contribution in [1.29, 1.82) is 0 Å². The number of hydrogen-bond acceptors (Lipinski definition) is 3. The van der Waals surface area contributed by atoms with Gasteiger partial charge in [0.05, 0.1) is 0 Å². The summed E-state index contributed by atoms with van der Waals surface area (Å²) in [5.41, 5.74) is -0.0886. The lowest BCUT2D eigenvalue weighted by Gasteiger charge is -2.12. The zero-order valence-electron chi connectivity index (χ0n) is 11.1. The van der Waals surface area contributed by atoms with Gasteiger partial charge >= 0.3 is 5.69 Å². The molecule has 1 aromatic heterocycles. The zero-order valence-corrected chi connectivity index (χ0v) is 11.9. The first-order valence-corrected chi connectivity index (χ1v) is 6.87. The maximum absolute atomic E-state index is 11.9. The van der Waals surface area contributed by atoms with E-state index in [9.17, 15) is 14.4 Å². The van der Waals surface area contributed by atoms with Crippen molar-refractivity contribution in [3.05, 3.63) is 62.8 Å². The SMILES string of the molecule is O=C(CCl)Nc1cc(=O)[nH]c(=O)n1CCc1ccccc1. The Kier molecular flexibility index (Phi) is 4.94. The molecule has 0 aliphatic carbocycles. The van der Waals surface area contributed by atoms with Gasteiger partial charge in [0.2, 0.25) is 5.91 Å². The molecular formula is C14H14ClN3O3. The van der Waals surface area contributed by atoms with Gasteiger partial charge in [0.1, 0.15) is 11.7 Å². The van der Waals surface area contributed by atoms with Crippen LogP contribution >= 0.6 is 11.6 Å². The number of aromatic nitrogens is 2. The molecule has 0 aliphatic rings. The van der Waals surface area contributed by atoms with Crippen LogP contribution in [0.3, 0.4) is 0 Å². The zero-order chi connectivity index (χ0) is 15.2. The number of aromatic amines is 1. The fraction of sp³-hybridized carbons (Fsp3) is 0.214. The summed E-state index contributed by atoms with van der Waals surface area (Å²) in [6, 6.07) is 10.8. The molecule has 0 saturated carbocycles. The molecular weight excluding hydrogens is 294 g/mol. The maximum atomic E-state index is 11.9. The minimum Gasteiger partial charge on any atom is -0.311 e. The summed E-state index contributed by atoms with van der Waals surface area (Å²) >= 11 is 5.42. The van der Waals surface area contributed by atoms with Gasteiger partial charge in [-0.1, -0.05) is 30.3 Å². The Hall–Kier alpha value is -2.34. The van der Waals surface area contributed by atoms with Gasteiger partial charge < -0.3 is 5.32 Å². The minimum atomic E-state index is -0.569. The molecule has 0 spiro atoms. The third-order valence-corrected chi connectivity index (χ3v) is 3.13. The number of carbonyl (C=O) groups excluding carboxylic acids is 1. The van der Waals surface area contributed by atoms with Crippen molar-refractivity contribution < 1.29 is 4.79 Å². The largest absolute Gasteiger partial charge is 0.329 e. The van der Waals surface area contributed by atoms with E-state index in [0.717, 1.165) is 11.6 Å². The molecule has 2 rings (SSSR count). The van der Waals surface area contributed by atoms with Crippen LogP contribution < -0.4 is 16.6 Å². The average molecular weight is 308 g/mol. The van der Waals surface area contributed by atoms with E-state index < -0.39 is 17.2 Å². The highest BCUT2D eigenvalue weighted by Crippen LogP contribution is 2.05. The third-order valence-electron chi connectivity index (χ3n) is 2.89. The highest BCUT2D eigenvalue weighted by Gasteiger charge is 2.09. The van der Waals surface area contributed by atoms with Gasteiger partial charge in [-0.3, -0.25) is 19.1 Å². The van der Waals surface area contributed by atoms with Crippen LogP contribution in [-0.4, -0.2) is 21.3 Å². The summed E-state index contributed by atoms with van der Waals surface area (Å²) in [6.07, 6.45) is 0.594. The normalized spacial score (nSPS) is 10.3. The van der Waals surface area contributed by atoms with Crippen LogP contribution in [0.25, 0.3) is 0 Å². The minimum absolute atomic E-state index is 0.144. The van der Waals surface area contributed by atoms with Gasteiger partial charge in [0.15, 0.2) is 0 Å². The Morgan fingerprint density at radius 2 is 1.95 bits per heavy atom. The van der Waals surface area contributed by atoms with Gasteiger partial charge in [-0.05, 0) is 12.0 Å². The van der Waals surface area contributed by atoms with Crippen LogP contribution in [0.15, 0.2) is 46.0 Å². The van der Waals surface area contributed by atoms with Crippen molar-refractivity contribution in [2.75, 3.05) is 11.2 Å².